The molecule has 0 spiro atoms. The van der Waals surface area contributed by atoms with Crippen LogP contribution < -0.4 is 15.4 Å². The first kappa shape index (κ1) is 21.3. The van der Waals surface area contributed by atoms with Gasteiger partial charge in [0.25, 0.3) is 0 Å². The SMILES string of the molecule is CC(C)(C)[SiH2]OC(C)(C)C1CN(Cc2cnc3c(c2)OCC3)c2nc(N)nc(Cl)c21. The van der Waals surface area contributed by atoms with Crippen LogP contribution in [0.4, 0.5) is 11.8 Å². The van der Waals surface area contributed by atoms with Gasteiger partial charge in [0, 0.05) is 37.2 Å². The lowest BCUT2D eigenvalue weighted by atomic mass is 9.87. The fraction of sp³-hybridized carbons (Fsp3) is 0.571. The Hall–Kier alpha value is -1.90. The summed E-state index contributed by atoms with van der Waals surface area (Å²) in [6.45, 7) is 13.0. The summed E-state index contributed by atoms with van der Waals surface area (Å²) in [5, 5.41) is 0.616. The Labute approximate surface area is 185 Å². The van der Waals surface area contributed by atoms with Gasteiger partial charge in [-0.2, -0.15) is 4.98 Å². The van der Waals surface area contributed by atoms with Crippen LogP contribution in [0.1, 0.15) is 57.4 Å². The fourth-order valence-electron chi connectivity index (χ4n) is 3.99. The third kappa shape index (κ3) is 4.26. The van der Waals surface area contributed by atoms with E-state index >= 15 is 0 Å². The molecule has 0 aliphatic carbocycles. The smallest absolute Gasteiger partial charge is 0.223 e. The molecule has 0 bridgehead atoms. The maximum Gasteiger partial charge on any atom is 0.223 e. The maximum absolute atomic E-state index is 6.58. The number of halogens is 1. The lowest BCUT2D eigenvalue weighted by Crippen LogP contribution is -2.38. The van der Waals surface area contributed by atoms with Crippen molar-refractivity contribution in [2.75, 3.05) is 23.8 Å². The summed E-state index contributed by atoms with van der Waals surface area (Å²) in [6, 6.07) is 2.07. The highest BCUT2D eigenvalue weighted by molar-refractivity contribution is 6.32. The van der Waals surface area contributed by atoms with E-state index in [1.54, 1.807) is 0 Å². The molecule has 0 aromatic carbocycles. The molecule has 30 heavy (non-hydrogen) atoms. The van der Waals surface area contributed by atoms with Gasteiger partial charge in [0.2, 0.25) is 5.95 Å². The molecule has 0 saturated heterocycles. The normalized spacial score (nSPS) is 18.7. The predicted molar refractivity (Wildman–Crippen MR) is 122 cm³/mol. The Bertz CT molecular complexity index is 963. The second-order valence-corrected chi connectivity index (χ2v) is 12.9. The molecule has 1 atom stereocenters. The van der Waals surface area contributed by atoms with Crippen LogP contribution in [0, 0.1) is 0 Å². The molecule has 0 saturated carbocycles. The number of pyridine rings is 1. The van der Waals surface area contributed by atoms with Gasteiger partial charge in [-0.15, -0.1) is 0 Å². The molecule has 2 aromatic rings. The van der Waals surface area contributed by atoms with Crippen molar-refractivity contribution in [3.05, 3.63) is 34.2 Å². The topological polar surface area (TPSA) is 86.4 Å². The van der Waals surface area contributed by atoms with E-state index in [1.807, 2.05) is 6.20 Å². The minimum absolute atomic E-state index is 0.0501. The molecule has 1 unspecified atom stereocenters. The number of nitrogen functional groups attached to an aromatic ring is 1. The van der Waals surface area contributed by atoms with E-state index in [9.17, 15) is 0 Å². The highest BCUT2D eigenvalue weighted by Crippen LogP contribution is 2.46. The van der Waals surface area contributed by atoms with Crippen LogP contribution in [0.25, 0.3) is 0 Å². The van der Waals surface area contributed by atoms with Crippen molar-refractivity contribution in [3.63, 3.8) is 0 Å². The monoisotopic (exact) mass is 447 g/mol. The van der Waals surface area contributed by atoms with Gasteiger partial charge in [0.1, 0.15) is 16.7 Å². The molecular formula is C21H30ClN5O2Si. The quantitative estimate of drug-likeness (QED) is 0.556. The third-order valence-corrected chi connectivity index (χ3v) is 7.66. The summed E-state index contributed by atoms with van der Waals surface area (Å²) in [5.41, 5.74) is 8.57. The zero-order valence-corrected chi connectivity index (χ0v) is 20.5. The summed E-state index contributed by atoms with van der Waals surface area (Å²) < 4.78 is 12.2. The van der Waals surface area contributed by atoms with Gasteiger partial charge >= 0.3 is 0 Å². The first-order valence-corrected chi connectivity index (χ1v) is 12.0. The molecule has 9 heteroatoms. The van der Waals surface area contributed by atoms with Crippen LogP contribution in [0.2, 0.25) is 10.2 Å². The van der Waals surface area contributed by atoms with Gasteiger partial charge in [0.05, 0.1) is 17.9 Å². The lowest BCUT2D eigenvalue weighted by molar-refractivity contribution is 0.0828. The number of nitrogens with two attached hydrogens (primary N) is 1. The number of anilines is 2. The van der Waals surface area contributed by atoms with E-state index in [0.29, 0.717) is 18.3 Å². The number of hydrogen-bond acceptors (Lipinski definition) is 7. The Morgan fingerprint density at radius 3 is 2.80 bits per heavy atom. The minimum atomic E-state index is -0.742. The number of aromatic nitrogens is 3. The molecule has 0 fully saturated rings. The van der Waals surface area contributed by atoms with E-state index in [1.165, 1.54) is 0 Å². The Morgan fingerprint density at radius 1 is 1.30 bits per heavy atom. The molecule has 7 nitrogen and oxygen atoms in total. The molecule has 162 valence electrons. The molecule has 4 heterocycles. The van der Waals surface area contributed by atoms with Crippen LogP contribution in [-0.4, -0.2) is 43.5 Å². The Balaban J connectivity index is 1.64. The number of fused-ring (bicyclic) bond motifs is 2. The van der Waals surface area contributed by atoms with Gasteiger partial charge in [-0.3, -0.25) is 4.98 Å². The van der Waals surface area contributed by atoms with E-state index in [2.05, 4.69) is 60.5 Å². The van der Waals surface area contributed by atoms with Crippen molar-refractivity contribution < 1.29 is 9.16 Å². The van der Waals surface area contributed by atoms with Crippen molar-refractivity contribution in [1.29, 1.82) is 0 Å². The molecule has 0 radical (unpaired) electrons. The van der Waals surface area contributed by atoms with E-state index in [4.69, 9.17) is 26.5 Å². The average Bonchev–Trinajstić information content (AvgIpc) is 3.25. The molecule has 2 aromatic heterocycles. The Kier molecular flexibility index (Phi) is 5.44. The molecule has 2 aliphatic heterocycles. The standard InChI is InChI=1S/C21H30ClN5O2Si/c1-20(2,3)30-29-21(4,5)13-11-27(18-16(13)17(22)25-19(23)26-18)10-12-8-15-14(24-9-12)6-7-28-15/h8-9,13H,6-7,10-11,30H2,1-5H3,(H2,23,25,26). The molecule has 0 amide bonds. The second kappa shape index (κ2) is 7.66. The summed E-state index contributed by atoms with van der Waals surface area (Å²) in [7, 11) is -0.742. The van der Waals surface area contributed by atoms with Crippen LogP contribution in [-0.2, 0) is 17.4 Å². The van der Waals surface area contributed by atoms with Crippen molar-refractivity contribution in [1.82, 2.24) is 15.0 Å². The predicted octanol–water partition coefficient (Wildman–Crippen LogP) is 3.24. The van der Waals surface area contributed by atoms with E-state index < -0.39 is 9.76 Å². The van der Waals surface area contributed by atoms with Gasteiger partial charge in [-0.05, 0) is 30.5 Å². The first-order valence-electron chi connectivity index (χ1n) is 10.4. The van der Waals surface area contributed by atoms with E-state index in [-0.39, 0.29) is 22.5 Å². The summed E-state index contributed by atoms with van der Waals surface area (Å²) in [5.74, 6) is 1.90. The zero-order valence-electron chi connectivity index (χ0n) is 18.3. The van der Waals surface area contributed by atoms with Gasteiger partial charge in [-0.1, -0.05) is 32.4 Å². The Morgan fingerprint density at radius 2 is 2.07 bits per heavy atom. The first-order chi connectivity index (χ1) is 14.0. The number of rotatable bonds is 5. The summed E-state index contributed by atoms with van der Waals surface area (Å²) >= 11 is 6.58. The zero-order chi connectivity index (χ0) is 21.7. The molecule has 4 rings (SSSR count). The average molecular weight is 448 g/mol. The fourth-order valence-corrected chi connectivity index (χ4v) is 5.30. The van der Waals surface area contributed by atoms with E-state index in [0.717, 1.165) is 41.4 Å². The van der Waals surface area contributed by atoms with Crippen LogP contribution in [0.5, 0.6) is 5.75 Å². The molecule has 2 N–H and O–H groups in total. The van der Waals surface area contributed by atoms with Gasteiger partial charge in [-0.25, -0.2) is 4.98 Å². The van der Waals surface area contributed by atoms with Crippen LogP contribution >= 0.6 is 11.6 Å². The highest BCUT2D eigenvalue weighted by Gasteiger charge is 2.43. The maximum atomic E-state index is 6.58. The molecular weight excluding hydrogens is 418 g/mol. The van der Waals surface area contributed by atoms with Crippen molar-refractivity contribution in [2.24, 2.45) is 0 Å². The summed E-state index contributed by atoms with van der Waals surface area (Å²) in [6.07, 6.45) is 2.79. The number of hydrogen-bond donors (Lipinski definition) is 1. The lowest BCUT2D eigenvalue weighted by Gasteiger charge is -2.35. The third-order valence-electron chi connectivity index (χ3n) is 5.62. The number of ether oxygens (including phenoxy) is 1. The second-order valence-electron chi connectivity index (χ2n) is 9.88. The number of nitrogens with zero attached hydrogens (tertiary/aromatic N) is 4. The minimum Gasteiger partial charge on any atom is -0.491 e. The van der Waals surface area contributed by atoms with Gasteiger partial charge in [0.15, 0.2) is 9.76 Å². The van der Waals surface area contributed by atoms with Crippen molar-refractivity contribution in [2.45, 2.75) is 64.1 Å². The molecule has 2 aliphatic rings. The largest absolute Gasteiger partial charge is 0.491 e. The van der Waals surface area contributed by atoms with Crippen molar-refractivity contribution >= 4 is 33.1 Å². The highest BCUT2D eigenvalue weighted by atomic mass is 35.5. The van der Waals surface area contributed by atoms with Gasteiger partial charge < -0.3 is 19.8 Å². The van der Waals surface area contributed by atoms with Crippen LogP contribution in [0.3, 0.4) is 0 Å². The van der Waals surface area contributed by atoms with Crippen molar-refractivity contribution in [3.8, 4) is 5.75 Å². The van der Waals surface area contributed by atoms with Crippen LogP contribution in [0.15, 0.2) is 12.3 Å². The summed E-state index contributed by atoms with van der Waals surface area (Å²) in [4.78, 5) is 15.5.